The average Bonchev–Trinajstić information content (AvgIpc) is 2.15. The maximum absolute atomic E-state index is 12.6. The Balaban J connectivity index is 3.47. The number of carboxylic acids is 1. The van der Waals surface area contributed by atoms with Gasteiger partial charge in [0.25, 0.3) is 6.43 Å². The Morgan fingerprint density at radius 2 is 2.27 bits per heavy atom. The van der Waals surface area contributed by atoms with Gasteiger partial charge in [-0.1, -0.05) is 0 Å². The van der Waals surface area contributed by atoms with Gasteiger partial charge in [-0.2, -0.15) is 0 Å². The lowest BCUT2D eigenvalue weighted by Crippen LogP contribution is -2.14. The lowest BCUT2D eigenvalue weighted by Gasteiger charge is -2.12. The molecule has 1 aromatic heterocycles. The zero-order chi connectivity index (χ0) is 11.6. The fraction of sp³-hybridized carbons (Fsp3) is 0.333. The Morgan fingerprint density at radius 1 is 1.67 bits per heavy atom. The van der Waals surface area contributed by atoms with E-state index in [4.69, 9.17) is 10.8 Å². The van der Waals surface area contributed by atoms with Crippen LogP contribution in [0.2, 0.25) is 0 Å². The van der Waals surface area contributed by atoms with Crippen LogP contribution in [0.15, 0.2) is 6.20 Å². The number of rotatable bonds is 3. The molecule has 1 heterocycles. The minimum absolute atomic E-state index is 0.0995. The Kier molecular flexibility index (Phi) is 3.31. The Labute approximate surface area is 84.7 Å². The van der Waals surface area contributed by atoms with Gasteiger partial charge >= 0.3 is 5.97 Å². The van der Waals surface area contributed by atoms with Gasteiger partial charge in [-0.05, 0) is 12.5 Å². The van der Waals surface area contributed by atoms with E-state index in [0.29, 0.717) is 0 Å². The molecule has 0 unspecified atom stereocenters. The predicted molar refractivity (Wildman–Crippen MR) is 48.8 cm³/mol. The number of hydrogen-bond acceptors (Lipinski definition) is 3. The second-order valence-corrected chi connectivity index (χ2v) is 2.99. The number of aromatic nitrogens is 1. The van der Waals surface area contributed by atoms with Gasteiger partial charge in [0.05, 0.1) is 0 Å². The van der Waals surface area contributed by atoms with Gasteiger partial charge in [0.2, 0.25) is 0 Å². The summed E-state index contributed by atoms with van der Waals surface area (Å²) in [5, 5.41) is 8.73. The van der Waals surface area contributed by atoms with Gasteiger partial charge in [0.15, 0.2) is 5.69 Å². The molecule has 0 atom stereocenters. The van der Waals surface area contributed by atoms with Gasteiger partial charge in [0, 0.05) is 23.9 Å². The SMILES string of the molecule is Cc1cnc(C(=O)O)c(CN)c1C(F)F. The zero-order valence-corrected chi connectivity index (χ0v) is 8.00. The topological polar surface area (TPSA) is 76.2 Å². The van der Waals surface area contributed by atoms with Crippen LogP contribution in [0.3, 0.4) is 0 Å². The molecule has 0 amide bonds. The van der Waals surface area contributed by atoms with Crippen molar-refractivity contribution in [1.82, 2.24) is 4.98 Å². The third-order valence-corrected chi connectivity index (χ3v) is 2.05. The molecular formula is C9H10F2N2O2. The number of aryl methyl sites for hydroxylation is 1. The number of hydrogen-bond donors (Lipinski definition) is 2. The van der Waals surface area contributed by atoms with Crippen molar-refractivity contribution < 1.29 is 18.7 Å². The van der Waals surface area contributed by atoms with Gasteiger partial charge in [0.1, 0.15) is 0 Å². The fourth-order valence-corrected chi connectivity index (χ4v) is 1.37. The predicted octanol–water partition coefficient (Wildman–Crippen LogP) is 1.48. The van der Waals surface area contributed by atoms with Crippen molar-refractivity contribution in [3.05, 3.63) is 28.6 Å². The largest absolute Gasteiger partial charge is 0.477 e. The van der Waals surface area contributed by atoms with Crippen molar-refractivity contribution in [1.29, 1.82) is 0 Å². The van der Waals surface area contributed by atoms with E-state index in [1.807, 2.05) is 0 Å². The number of carboxylic acid groups (broad SMARTS) is 1. The van der Waals surface area contributed by atoms with Gasteiger partial charge in [-0.25, -0.2) is 18.6 Å². The van der Waals surface area contributed by atoms with E-state index in [2.05, 4.69) is 4.98 Å². The van der Waals surface area contributed by atoms with Crippen LogP contribution in [0.1, 0.15) is 33.6 Å². The molecule has 1 aromatic rings. The van der Waals surface area contributed by atoms with Crippen LogP contribution >= 0.6 is 0 Å². The highest BCUT2D eigenvalue weighted by Crippen LogP contribution is 2.27. The molecular weight excluding hydrogens is 206 g/mol. The maximum atomic E-state index is 12.6. The van der Waals surface area contributed by atoms with Crippen molar-refractivity contribution >= 4 is 5.97 Å². The second-order valence-electron chi connectivity index (χ2n) is 2.99. The van der Waals surface area contributed by atoms with Crippen LogP contribution in [0.4, 0.5) is 8.78 Å². The molecule has 3 N–H and O–H groups in total. The number of halogens is 2. The number of carbonyl (C=O) groups is 1. The molecule has 15 heavy (non-hydrogen) atoms. The van der Waals surface area contributed by atoms with Crippen LogP contribution in [0.5, 0.6) is 0 Å². The van der Waals surface area contributed by atoms with Crippen molar-refractivity contribution in [3.8, 4) is 0 Å². The molecule has 1 rings (SSSR count). The standard InChI is InChI=1S/C9H10F2N2O2/c1-4-3-13-7(9(14)15)5(2-12)6(4)8(10)11/h3,8H,2,12H2,1H3,(H,14,15). The van der Waals surface area contributed by atoms with Crippen LogP contribution in [-0.4, -0.2) is 16.1 Å². The van der Waals surface area contributed by atoms with Crippen LogP contribution in [0, 0.1) is 6.92 Å². The minimum atomic E-state index is -2.75. The van der Waals surface area contributed by atoms with Crippen LogP contribution in [-0.2, 0) is 6.54 Å². The first kappa shape index (κ1) is 11.5. The Bertz CT molecular complexity index is 394. The average molecular weight is 216 g/mol. The highest BCUT2D eigenvalue weighted by atomic mass is 19.3. The summed E-state index contributed by atoms with van der Waals surface area (Å²) in [7, 11) is 0. The van der Waals surface area contributed by atoms with E-state index in [1.54, 1.807) is 0 Å². The molecule has 0 spiro atoms. The summed E-state index contributed by atoms with van der Waals surface area (Å²) in [4.78, 5) is 14.3. The monoisotopic (exact) mass is 216 g/mol. The molecule has 0 aliphatic carbocycles. The van der Waals surface area contributed by atoms with Gasteiger partial charge in [-0.15, -0.1) is 0 Å². The normalized spacial score (nSPS) is 10.7. The lowest BCUT2D eigenvalue weighted by molar-refractivity contribution is 0.0688. The Hall–Kier alpha value is -1.56. The quantitative estimate of drug-likeness (QED) is 0.802. The fourth-order valence-electron chi connectivity index (χ4n) is 1.37. The van der Waals surface area contributed by atoms with E-state index >= 15 is 0 Å². The summed E-state index contributed by atoms with van der Waals surface area (Å²) in [5.41, 5.74) is 4.67. The number of nitrogens with zero attached hydrogens (tertiary/aromatic N) is 1. The second kappa shape index (κ2) is 4.31. The minimum Gasteiger partial charge on any atom is -0.477 e. The number of pyridine rings is 1. The molecule has 6 heteroatoms. The molecule has 0 radical (unpaired) electrons. The summed E-state index contributed by atoms with van der Waals surface area (Å²) in [5.74, 6) is -1.35. The Morgan fingerprint density at radius 3 is 2.67 bits per heavy atom. The number of nitrogens with two attached hydrogens (primary N) is 1. The summed E-state index contributed by atoms with van der Waals surface area (Å²) in [6, 6.07) is 0. The van der Waals surface area contributed by atoms with Gasteiger partial charge in [-0.3, -0.25) is 0 Å². The third-order valence-electron chi connectivity index (χ3n) is 2.05. The summed E-state index contributed by atoms with van der Waals surface area (Å²) >= 11 is 0. The van der Waals surface area contributed by atoms with Crippen molar-refractivity contribution in [2.75, 3.05) is 0 Å². The molecule has 4 nitrogen and oxygen atoms in total. The van der Waals surface area contributed by atoms with Crippen LogP contribution < -0.4 is 5.73 Å². The summed E-state index contributed by atoms with van der Waals surface area (Å²) in [6.07, 6.45) is -1.63. The molecule has 0 aromatic carbocycles. The zero-order valence-electron chi connectivity index (χ0n) is 8.00. The van der Waals surface area contributed by atoms with E-state index in [-0.39, 0.29) is 23.2 Å². The van der Waals surface area contributed by atoms with E-state index < -0.39 is 18.1 Å². The third kappa shape index (κ3) is 2.10. The van der Waals surface area contributed by atoms with E-state index in [1.165, 1.54) is 6.92 Å². The molecule has 0 aliphatic heterocycles. The summed E-state index contributed by atoms with van der Waals surface area (Å²) < 4.78 is 25.3. The van der Waals surface area contributed by atoms with E-state index in [0.717, 1.165) is 6.20 Å². The molecule has 0 aliphatic rings. The summed E-state index contributed by atoms with van der Waals surface area (Å²) in [6.45, 7) is 1.18. The van der Waals surface area contributed by atoms with Crippen molar-refractivity contribution in [2.24, 2.45) is 5.73 Å². The molecule has 0 fully saturated rings. The van der Waals surface area contributed by atoms with Crippen molar-refractivity contribution in [3.63, 3.8) is 0 Å². The number of alkyl halides is 2. The first-order chi connectivity index (χ1) is 6.99. The molecule has 82 valence electrons. The van der Waals surface area contributed by atoms with Crippen molar-refractivity contribution in [2.45, 2.75) is 19.9 Å². The van der Waals surface area contributed by atoms with Crippen LogP contribution in [0.25, 0.3) is 0 Å². The van der Waals surface area contributed by atoms with E-state index in [9.17, 15) is 13.6 Å². The first-order valence-electron chi connectivity index (χ1n) is 4.19. The highest BCUT2D eigenvalue weighted by molar-refractivity contribution is 5.87. The number of aromatic carboxylic acids is 1. The lowest BCUT2D eigenvalue weighted by atomic mass is 10.0. The smallest absolute Gasteiger partial charge is 0.354 e. The highest BCUT2D eigenvalue weighted by Gasteiger charge is 2.22. The van der Waals surface area contributed by atoms with Gasteiger partial charge < -0.3 is 10.8 Å². The molecule has 0 bridgehead atoms. The molecule has 0 saturated carbocycles. The maximum Gasteiger partial charge on any atom is 0.354 e. The first-order valence-corrected chi connectivity index (χ1v) is 4.19. The molecule has 0 saturated heterocycles.